The molecule has 1 N–H and O–H groups in total. The first-order chi connectivity index (χ1) is 14.2. The van der Waals surface area contributed by atoms with Gasteiger partial charge in [-0.15, -0.1) is 0 Å². The molecule has 2 aromatic rings. The van der Waals surface area contributed by atoms with Crippen LogP contribution in [0.1, 0.15) is 42.5 Å². The van der Waals surface area contributed by atoms with E-state index < -0.39 is 0 Å². The fourth-order valence-corrected chi connectivity index (χ4v) is 4.65. The maximum Gasteiger partial charge on any atom is 0.251 e. The number of amides is 2. The van der Waals surface area contributed by atoms with Gasteiger partial charge in [-0.25, -0.2) is 4.98 Å². The lowest BCUT2D eigenvalue weighted by Gasteiger charge is -2.38. The maximum atomic E-state index is 13.0. The summed E-state index contributed by atoms with van der Waals surface area (Å²) in [6.45, 7) is 2.60. The van der Waals surface area contributed by atoms with Crippen LogP contribution in [0.4, 0.5) is 5.82 Å². The summed E-state index contributed by atoms with van der Waals surface area (Å²) in [7, 11) is 0. The van der Waals surface area contributed by atoms with E-state index in [1.165, 1.54) is 0 Å². The third kappa shape index (κ3) is 4.23. The fraction of sp³-hybridized carbons (Fsp3) is 0.455. The van der Waals surface area contributed by atoms with E-state index in [1.54, 1.807) is 30.7 Å². The number of aromatic nitrogens is 2. The average molecular weight is 393 g/mol. The summed E-state index contributed by atoms with van der Waals surface area (Å²) in [6.07, 6.45) is 10.2. The van der Waals surface area contributed by atoms with E-state index in [1.807, 2.05) is 23.1 Å². The second-order valence-electron chi connectivity index (χ2n) is 7.83. The van der Waals surface area contributed by atoms with E-state index in [2.05, 4.69) is 20.2 Å². The smallest absolute Gasteiger partial charge is 0.251 e. The van der Waals surface area contributed by atoms with Gasteiger partial charge in [-0.2, -0.15) is 0 Å². The van der Waals surface area contributed by atoms with Gasteiger partial charge in [0.15, 0.2) is 0 Å². The highest BCUT2D eigenvalue weighted by Gasteiger charge is 2.44. The Balaban J connectivity index is 1.39. The second kappa shape index (κ2) is 8.59. The second-order valence-corrected chi connectivity index (χ2v) is 7.83. The zero-order chi connectivity index (χ0) is 20.1. The molecule has 7 nitrogen and oxygen atoms in total. The number of hydrogen-bond donors (Lipinski definition) is 1. The SMILES string of the molecule is O=C(NCC(=O)N1CCC[C@]12CCCN(c1cnccn1)CC2)c1ccccc1. The van der Waals surface area contributed by atoms with E-state index in [0.717, 1.165) is 57.6 Å². The van der Waals surface area contributed by atoms with Gasteiger partial charge in [0.2, 0.25) is 5.91 Å². The molecular formula is C22H27N5O2. The quantitative estimate of drug-likeness (QED) is 0.862. The summed E-state index contributed by atoms with van der Waals surface area (Å²) in [6, 6.07) is 9.01. The summed E-state index contributed by atoms with van der Waals surface area (Å²) < 4.78 is 0. The Morgan fingerprint density at radius 2 is 1.79 bits per heavy atom. The molecule has 0 radical (unpaired) electrons. The first-order valence-corrected chi connectivity index (χ1v) is 10.3. The monoisotopic (exact) mass is 393 g/mol. The molecule has 2 aliphatic rings. The summed E-state index contributed by atoms with van der Waals surface area (Å²) in [4.78, 5) is 38.2. The molecule has 1 aromatic carbocycles. The molecule has 0 bridgehead atoms. The predicted octanol–water partition coefficient (Wildman–Crippen LogP) is 2.26. The maximum absolute atomic E-state index is 13.0. The van der Waals surface area contributed by atoms with Gasteiger partial charge in [0.1, 0.15) is 5.82 Å². The molecule has 3 heterocycles. The third-order valence-corrected chi connectivity index (χ3v) is 6.12. The van der Waals surface area contributed by atoms with E-state index in [9.17, 15) is 9.59 Å². The molecule has 2 saturated heterocycles. The highest BCUT2D eigenvalue weighted by molar-refractivity contribution is 5.96. The third-order valence-electron chi connectivity index (χ3n) is 6.12. The van der Waals surface area contributed by atoms with Crippen molar-refractivity contribution in [1.82, 2.24) is 20.2 Å². The van der Waals surface area contributed by atoms with Crippen molar-refractivity contribution in [2.45, 2.75) is 37.6 Å². The Morgan fingerprint density at radius 1 is 1.00 bits per heavy atom. The van der Waals surface area contributed by atoms with Crippen molar-refractivity contribution in [3.8, 4) is 0 Å². The Morgan fingerprint density at radius 3 is 2.55 bits per heavy atom. The van der Waals surface area contributed by atoms with Crippen LogP contribution in [0, 0.1) is 0 Å². The zero-order valence-electron chi connectivity index (χ0n) is 16.6. The van der Waals surface area contributed by atoms with Gasteiger partial charge in [-0.05, 0) is 44.2 Å². The molecule has 29 heavy (non-hydrogen) atoms. The van der Waals surface area contributed by atoms with Gasteiger partial charge in [0, 0.05) is 43.1 Å². The number of carbonyl (C=O) groups is 2. The van der Waals surface area contributed by atoms with E-state index >= 15 is 0 Å². The molecule has 0 aliphatic carbocycles. The molecule has 0 saturated carbocycles. The molecule has 2 aliphatic heterocycles. The first kappa shape index (κ1) is 19.4. The normalized spacial score (nSPS) is 21.8. The van der Waals surface area contributed by atoms with Crippen LogP contribution in [-0.2, 0) is 4.79 Å². The van der Waals surface area contributed by atoms with Crippen LogP contribution in [-0.4, -0.2) is 58.4 Å². The number of carbonyl (C=O) groups excluding carboxylic acids is 2. The molecule has 4 rings (SSSR count). The lowest BCUT2D eigenvalue weighted by molar-refractivity contribution is -0.134. The molecule has 2 amide bonds. The molecule has 7 heteroatoms. The highest BCUT2D eigenvalue weighted by atomic mass is 16.2. The van der Waals surface area contributed by atoms with Crippen molar-refractivity contribution in [1.29, 1.82) is 0 Å². The summed E-state index contributed by atoms with van der Waals surface area (Å²) in [5.41, 5.74) is 0.469. The van der Waals surface area contributed by atoms with Gasteiger partial charge >= 0.3 is 0 Å². The molecule has 152 valence electrons. The van der Waals surface area contributed by atoms with Gasteiger partial charge in [0.25, 0.3) is 5.91 Å². The standard InChI is InChI=1S/C22H27N5O2/c28-20(17-25-21(29)18-6-2-1-3-7-18)27-14-5-9-22(27)8-4-13-26(15-10-22)19-16-23-11-12-24-19/h1-3,6-7,11-12,16H,4-5,8-10,13-15,17H2,(H,25,29)/t22-/m0/s1. The summed E-state index contributed by atoms with van der Waals surface area (Å²) in [5, 5.41) is 2.79. The zero-order valence-corrected chi connectivity index (χ0v) is 16.6. The molecule has 0 unspecified atom stereocenters. The van der Waals surface area contributed by atoms with Crippen LogP contribution in [0.2, 0.25) is 0 Å². The number of nitrogens with one attached hydrogen (secondary N) is 1. The fourth-order valence-electron chi connectivity index (χ4n) is 4.65. The Bertz CT molecular complexity index is 845. The number of benzene rings is 1. The van der Waals surface area contributed by atoms with Crippen molar-refractivity contribution < 1.29 is 9.59 Å². The average Bonchev–Trinajstić information content (AvgIpc) is 3.06. The lowest BCUT2D eigenvalue weighted by Crippen LogP contribution is -2.51. The van der Waals surface area contributed by atoms with Gasteiger partial charge in [-0.3, -0.25) is 14.6 Å². The minimum Gasteiger partial charge on any atom is -0.355 e. The number of anilines is 1. The van der Waals surface area contributed by atoms with Crippen molar-refractivity contribution >= 4 is 17.6 Å². The van der Waals surface area contributed by atoms with Crippen molar-refractivity contribution in [2.24, 2.45) is 0 Å². The number of likely N-dealkylation sites (tertiary alicyclic amines) is 1. The van der Waals surface area contributed by atoms with Gasteiger partial charge in [-0.1, -0.05) is 18.2 Å². The van der Waals surface area contributed by atoms with Crippen LogP contribution in [0.15, 0.2) is 48.9 Å². The Hall–Kier alpha value is -2.96. The number of hydrogen-bond acceptors (Lipinski definition) is 5. The largest absolute Gasteiger partial charge is 0.355 e. The highest BCUT2D eigenvalue weighted by Crippen LogP contribution is 2.38. The van der Waals surface area contributed by atoms with Crippen molar-refractivity contribution in [2.75, 3.05) is 31.1 Å². The number of nitrogens with zero attached hydrogens (tertiary/aromatic N) is 4. The van der Waals surface area contributed by atoms with Crippen molar-refractivity contribution in [3.63, 3.8) is 0 Å². The Labute approximate surface area is 171 Å². The lowest BCUT2D eigenvalue weighted by atomic mass is 9.87. The molecule has 1 atom stereocenters. The van der Waals surface area contributed by atoms with E-state index in [-0.39, 0.29) is 23.9 Å². The number of rotatable bonds is 4. The van der Waals surface area contributed by atoms with Crippen molar-refractivity contribution in [3.05, 3.63) is 54.5 Å². The topological polar surface area (TPSA) is 78.4 Å². The van der Waals surface area contributed by atoms with Crippen LogP contribution in [0.3, 0.4) is 0 Å². The van der Waals surface area contributed by atoms with Gasteiger partial charge < -0.3 is 15.1 Å². The molecular weight excluding hydrogens is 366 g/mol. The van der Waals surface area contributed by atoms with Gasteiger partial charge in [0.05, 0.1) is 12.7 Å². The Kier molecular flexibility index (Phi) is 5.74. The molecule has 1 aromatic heterocycles. The van der Waals surface area contributed by atoms with Crippen LogP contribution >= 0.6 is 0 Å². The summed E-state index contributed by atoms with van der Waals surface area (Å²) >= 11 is 0. The predicted molar refractivity (Wildman–Crippen MR) is 111 cm³/mol. The molecule has 1 spiro atoms. The minimum absolute atomic E-state index is 0.0136. The first-order valence-electron chi connectivity index (χ1n) is 10.3. The van der Waals surface area contributed by atoms with Crippen LogP contribution < -0.4 is 10.2 Å². The van der Waals surface area contributed by atoms with Crippen LogP contribution in [0.25, 0.3) is 0 Å². The van der Waals surface area contributed by atoms with Crippen LogP contribution in [0.5, 0.6) is 0 Å². The van der Waals surface area contributed by atoms with E-state index in [0.29, 0.717) is 5.56 Å². The molecule has 2 fully saturated rings. The minimum atomic E-state index is -0.207. The van der Waals surface area contributed by atoms with E-state index in [4.69, 9.17) is 0 Å². The summed E-state index contributed by atoms with van der Waals surface area (Å²) in [5.74, 6) is 0.706.